The highest BCUT2D eigenvalue weighted by Gasteiger charge is 2.54. The standard InChI is InChI=1S/C26H37N3O3/c1-17(25(32)29(4)16-8-15-27)20-11-13-26(3)14-12-21(18(2)22(26)23(20)30)28-24(31)19-9-6-5-7-10-19/h5-7,9-10,17-18,20-23,30H,8,11-14,16H2,1-4H3,(H,28,31)/t17-,18+,20-,21-,22+,23-,26-/m0/s1. The smallest absolute Gasteiger partial charge is 0.251 e. The number of amides is 2. The third kappa shape index (κ3) is 4.83. The van der Waals surface area contributed by atoms with Crippen LogP contribution in [0.25, 0.3) is 0 Å². The number of carbonyl (C=O) groups excluding carboxylic acids is 2. The van der Waals surface area contributed by atoms with E-state index in [0.717, 1.165) is 25.7 Å². The van der Waals surface area contributed by atoms with Crippen LogP contribution in [0.2, 0.25) is 0 Å². The number of hydrogen-bond acceptors (Lipinski definition) is 4. The summed E-state index contributed by atoms with van der Waals surface area (Å²) in [6.07, 6.45) is 3.36. The van der Waals surface area contributed by atoms with Gasteiger partial charge in [-0.1, -0.05) is 39.0 Å². The molecule has 6 nitrogen and oxygen atoms in total. The molecule has 2 aliphatic rings. The van der Waals surface area contributed by atoms with Gasteiger partial charge < -0.3 is 15.3 Å². The van der Waals surface area contributed by atoms with E-state index in [4.69, 9.17) is 5.26 Å². The SMILES string of the molecule is C[C@H]1[C@@H]2[C@@H](O)[C@H]([C@H](C)C(=O)N(C)CCC#N)CC[C@@]2(C)CC[C@@H]1NC(=O)c1ccccc1. The van der Waals surface area contributed by atoms with Crippen molar-refractivity contribution < 1.29 is 14.7 Å². The fraction of sp³-hybridized carbons (Fsp3) is 0.654. The number of carbonyl (C=O) groups is 2. The number of fused-ring (bicyclic) bond motifs is 1. The van der Waals surface area contributed by atoms with Gasteiger partial charge in [0.25, 0.3) is 5.91 Å². The predicted molar refractivity (Wildman–Crippen MR) is 123 cm³/mol. The van der Waals surface area contributed by atoms with Crippen molar-refractivity contribution in [2.24, 2.45) is 29.1 Å². The summed E-state index contributed by atoms with van der Waals surface area (Å²) in [7, 11) is 1.73. The minimum Gasteiger partial charge on any atom is -0.392 e. The summed E-state index contributed by atoms with van der Waals surface area (Å²) < 4.78 is 0. The Balaban J connectivity index is 1.73. The lowest BCUT2D eigenvalue weighted by atomic mass is 9.51. The van der Waals surface area contributed by atoms with E-state index in [0.29, 0.717) is 18.5 Å². The second-order valence-corrected chi connectivity index (χ2v) is 10.2. The number of aliphatic hydroxyl groups is 1. The maximum absolute atomic E-state index is 12.9. The molecule has 0 aliphatic heterocycles. The van der Waals surface area contributed by atoms with Crippen LogP contribution in [0, 0.1) is 40.4 Å². The van der Waals surface area contributed by atoms with Gasteiger partial charge in [-0.2, -0.15) is 5.26 Å². The van der Waals surface area contributed by atoms with Crippen LogP contribution < -0.4 is 5.32 Å². The summed E-state index contributed by atoms with van der Waals surface area (Å²) in [5.41, 5.74) is 0.661. The minimum atomic E-state index is -0.594. The van der Waals surface area contributed by atoms with Crippen molar-refractivity contribution >= 4 is 11.8 Å². The summed E-state index contributed by atoms with van der Waals surface area (Å²) in [6.45, 7) is 6.71. The molecule has 0 aromatic heterocycles. The Morgan fingerprint density at radius 3 is 2.59 bits per heavy atom. The van der Waals surface area contributed by atoms with Crippen molar-refractivity contribution in [2.45, 2.75) is 65.0 Å². The molecule has 0 unspecified atom stereocenters. The Bertz CT molecular complexity index is 852. The topological polar surface area (TPSA) is 93.4 Å². The Morgan fingerprint density at radius 1 is 1.28 bits per heavy atom. The van der Waals surface area contributed by atoms with Crippen LogP contribution in [0.5, 0.6) is 0 Å². The number of nitrogens with zero attached hydrogens (tertiary/aromatic N) is 2. The molecule has 2 aliphatic carbocycles. The fourth-order valence-electron chi connectivity index (χ4n) is 6.20. The first-order valence-corrected chi connectivity index (χ1v) is 11.9. The van der Waals surface area contributed by atoms with Crippen molar-refractivity contribution in [1.29, 1.82) is 5.26 Å². The fourth-order valence-corrected chi connectivity index (χ4v) is 6.20. The summed E-state index contributed by atoms with van der Waals surface area (Å²) in [6, 6.07) is 11.3. The van der Waals surface area contributed by atoms with Crippen LogP contribution in [0.1, 0.15) is 63.2 Å². The number of aliphatic hydroxyl groups excluding tert-OH is 1. The average Bonchev–Trinajstić information content (AvgIpc) is 2.79. The van der Waals surface area contributed by atoms with Gasteiger partial charge in [-0.3, -0.25) is 9.59 Å². The minimum absolute atomic E-state index is 0.00140. The van der Waals surface area contributed by atoms with Crippen molar-refractivity contribution in [1.82, 2.24) is 10.2 Å². The second kappa shape index (κ2) is 10.0. The van der Waals surface area contributed by atoms with Crippen molar-refractivity contribution in [3.8, 4) is 6.07 Å². The van der Waals surface area contributed by atoms with E-state index in [1.54, 1.807) is 11.9 Å². The van der Waals surface area contributed by atoms with Gasteiger partial charge in [0.05, 0.1) is 18.6 Å². The highest BCUT2D eigenvalue weighted by molar-refractivity contribution is 5.94. The molecule has 2 saturated carbocycles. The van der Waals surface area contributed by atoms with Gasteiger partial charge in [0.1, 0.15) is 0 Å². The zero-order chi connectivity index (χ0) is 23.5. The zero-order valence-electron chi connectivity index (χ0n) is 19.8. The van der Waals surface area contributed by atoms with Crippen molar-refractivity contribution in [2.75, 3.05) is 13.6 Å². The normalized spacial score (nSPS) is 32.8. The second-order valence-electron chi connectivity index (χ2n) is 10.2. The third-order valence-corrected chi connectivity index (χ3v) is 8.21. The van der Waals surface area contributed by atoms with Gasteiger partial charge >= 0.3 is 0 Å². The first-order valence-electron chi connectivity index (χ1n) is 11.9. The van der Waals surface area contributed by atoms with Crippen LogP contribution in [0.15, 0.2) is 30.3 Å². The molecule has 3 rings (SSSR count). The molecule has 0 bridgehead atoms. The molecular weight excluding hydrogens is 402 g/mol. The van der Waals surface area contributed by atoms with Crippen molar-refractivity contribution in [3.05, 3.63) is 35.9 Å². The Hall–Kier alpha value is -2.39. The summed E-state index contributed by atoms with van der Waals surface area (Å²) in [4.78, 5) is 27.3. The van der Waals surface area contributed by atoms with Crippen LogP contribution in [-0.4, -0.2) is 47.6 Å². The molecule has 0 radical (unpaired) electrons. The molecule has 1 aromatic rings. The maximum atomic E-state index is 12.9. The van der Waals surface area contributed by atoms with E-state index >= 15 is 0 Å². The number of hydrogen-bond donors (Lipinski definition) is 2. The lowest BCUT2D eigenvalue weighted by Gasteiger charge is -2.56. The summed E-state index contributed by atoms with van der Waals surface area (Å²) >= 11 is 0. The molecule has 0 heterocycles. The first-order chi connectivity index (χ1) is 15.2. The van der Waals surface area contributed by atoms with E-state index in [1.165, 1.54) is 0 Å². The highest BCUT2D eigenvalue weighted by Crippen LogP contribution is 2.55. The lowest BCUT2D eigenvalue weighted by molar-refractivity contribution is -0.149. The molecule has 0 spiro atoms. The Labute approximate surface area is 192 Å². The molecule has 6 heteroatoms. The molecule has 0 saturated heterocycles. The van der Waals surface area contributed by atoms with E-state index in [-0.39, 0.29) is 46.9 Å². The molecule has 2 N–H and O–H groups in total. The Kier molecular flexibility index (Phi) is 7.61. The highest BCUT2D eigenvalue weighted by atomic mass is 16.3. The van der Waals surface area contributed by atoms with Gasteiger partial charge in [-0.25, -0.2) is 0 Å². The van der Waals surface area contributed by atoms with Crippen LogP contribution >= 0.6 is 0 Å². The van der Waals surface area contributed by atoms with Crippen LogP contribution in [0.4, 0.5) is 0 Å². The predicted octanol–water partition coefficient (Wildman–Crippen LogP) is 3.62. The first kappa shape index (κ1) is 24.3. The molecular formula is C26H37N3O3. The molecule has 2 fully saturated rings. The van der Waals surface area contributed by atoms with E-state index < -0.39 is 6.10 Å². The van der Waals surface area contributed by atoms with E-state index in [2.05, 4.69) is 25.2 Å². The monoisotopic (exact) mass is 439 g/mol. The van der Waals surface area contributed by atoms with Gasteiger partial charge in [0, 0.05) is 31.1 Å². The van der Waals surface area contributed by atoms with Gasteiger partial charge in [0.15, 0.2) is 0 Å². The zero-order valence-corrected chi connectivity index (χ0v) is 19.8. The van der Waals surface area contributed by atoms with E-state index in [9.17, 15) is 14.7 Å². The number of benzene rings is 1. The number of nitriles is 1. The molecule has 7 atom stereocenters. The summed E-state index contributed by atoms with van der Waals surface area (Å²) in [5.74, 6) is -0.365. The molecule has 1 aromatic carbocycles. The largest absolute Gasteiger partial charge is 0.392 e. The average molecular weight is 440 g/mol. The number of rotatable bonds is 6. The Morgan fingerprint density at radius 2 is 1.94 bits per heavy atom. The summed E-state index contributed by atoms with van der Waals surface area (Å²) in [5, 5.41) is 23.5. The molecule has 174 valence electrons. The lowest BCUT2D eigenvalue weighted by Crippen LogP contribution is -2.58. The number of nitrogens with one attached hydrogen (secondary N) is 1. The maximum Gasteiger partial charge on any atom is 0.251 e. The third-order valence-electron chi connectivity index (χ3n) is 8.21. The van der Waals surface area contributed by atoms with Crippen LogP contribution in [0.3, 0.4) is 0 Å². The van der Waals surface area contributed by atoms with Gasteiger partial charge in [0.2, 0.25) is 5.91 Å². The van der Waals surface area contributed by atoms with Gasteiger partial charge in [-0.15, -0.1) is 0 Å². The van der Waals surface area contributed by atoms with Gasteiger partial charge in [-0.05, 0) is 61.0 Å². The van der Waals surface area contributed by atoms with E-state index in [1.807, 2.05) is 37.3 Å². The molecule has 2 amide bonds. The van der Waals surface area contributed by atoms with Crippen molar-refractivity contribution in [3.63, 3.8) is 0 Å². The molecule has 32 heavy (non-hydrogen) atoms. The quantitative estimate of drug-likeness (QED) is 0.708. The van der Waals surface area contributed by atoms with Crippen LogP contribution in [-0.2, 0) is 4.79 Å².